The second kappa shape index (κ2) is 6.51. The molecule has 2 aromatic carbocycles. The number of carbonyl (C=O) groups excluding carboxylic acids is 1. The quantitative estimate of drug-likeness (QED) is 0.357. The highest BCUT2D eigenvalue weighted by atomic mass is 32.2. The van der Waals surface area contributed by atoms with E-state index in [1.54, 1.807) is 20.8 Å². The fraction of sp³-hybridized carbons (Fsp3) is 0.190. The molecule has 1 atom stereocenters. The molecule has 120 valence electrons. The lowest BCUT2D eigenvalue weighted by molar-refractivity contribution is 0.0205. The first-order chi connectivity index (χ1) is 11.5. The molecule has 0 bridgehead atoms. The van der Waals surface area contributed by atoms with Gasteiger partial charge < -0.3 is 4.74 Å². The lowest BCUT2D eigenvalue weighted by atomic mass is 10.1. The summed E-state index contributed by atoms with van der Waals surface area (Å²) in [5.74, 6) is 5.40. The normalized spacial score (nSPS) is 11.7. The van der Waals surface area contributed by atoms with E-state index in [1.165, 1.54) is 10.1 Å². The molecule has 0 aliphatic carbocycles. The molecule has 0 amide bonds. The maximum absolute atomic E-state index is 12.7. The summed E-state index contributed by atoms with van der Waals surface area (Å²) in [6, 6.07) is 18.1. The zero-order chi connectivity index (χ0) is 17.2. The van der Waals surface area contributed by atoms with Crippen LogP contribution in [0, 0.1) is 11.8 Å². The maximum Gasteiger partial charge on any atom is 0.345 e. The average molecular weight is 335 g/mol. The van der Waals surface area contributed by atoms with Gasteiger partial charge in [-0.05, 0) is 45.0 Å². The number of hydrogen-bond acceptors (Lipinski definition) is 2. The largest absolute Gasteiger partial charge is 0.443 e. The standard InChI is InChI=1S/C21H19O2S/c1-4-14-21(2,3)23-20(22)17-10-6-8-12-19(17)24-15-13-16-9-5-7-11-18(16)24/h5-13,15H,1-3H3/q+1. The molecule has 0 saturated heterocycles. The summed E-state index contributed by atoms with van der Waals surface area (Å²) < 4.78 is 6.86. The van der Waals surface area contributed by atoms with E-state index >= 15 is 0 Å². The Morgan fingerprint density at radius 1 is 1.04 bits per heavy atom. The van der Waals surface area contributed by atoms with Gasteiger partial charge in [-0.1, -0.05) is 30.2 Å². The van der Waals surface area contributed by atoms with E-state index in [0.29, 0.717) is 5.56 Å². The van der Waals surface area contributed by atoms with Gasteiger partial charge in [0.25, 0.3) is 0 Å². The van der Waals surface area contributed by atoms with Gasteiger partial charge in [-0.2, -0.15) is 0 Å². The third kappa shape index (κ3) is 3.20. The fourth-order valence-electron chi connectivity index (χ4n) is 2.67. The highest BCUT2D eigenvalue weighted by molar-refractivity contribution is 7.44. The molecule has 3 rings (SSSR count). The minimum absolute atomic E-state index is 0.247. The molecular formula is C21H19O2S+. The van der Waals surface area contributed by atoms with Gasteiger partial charge in [0.05, 0.1) is 0 Å². The fourth-order valence-corrected chi connectivity index (χ4v) is 4.71. The van der Waals surface area contributed by atoms with Gasteiger partial charge in [0.15, 0.2) is 15.2 Å². The zero-order valence-electron chi connectivity index (χ0n) is 14.0. The molecule has 0 radical (unpaired) electrons. The molecular weight excluding hydrogens is 316 g/mol. The Morgan fingerprint density at radius 2 is 1.75 bits per heavy atom. The molecule has 2 nitrogen and oxygen atoms in total. The van der Waals surface area contributed by atoms with Crippen LogP contribution in [0.3, 0.4) is 0 Å². The lowest BCUT2D eigenvalue weighted by Crippen LogP contribution is -2.26. The smallest absolute Gasteiger partial charge is 0.345 e. The number of thiophene rings is 1. The van der Waals surface area contributed by atoms with Crippen LogP contribution in [0.1, 0.15) is 31.1 Å². The Balaban J connectivity index is 2.05. The second-order valence-electron chi connectivity index (χ2n) is 5.95. The number of hydrogen-bond donors (Lipinski definition) is 0. The van der Waals surface area contributed by atoms with E-state index in [4.69, 9.17) is 4.74 Å². The lowest BCUT2D eigenvalue weighted by Gasteiger charge is -2.18. The summed E-state index contributed by atoms with van der Waals surface area (Å²) in [6.45, 7) is 5.35. The molecule has 0 aliphatic heterocycles. The van der Waals surface area contributed by atoms with Crippen LogP contribution < -0.4 is 0 Å². The number of benzene rings is 2. The first kappa shape index (κ1) is 16.3. The van der Waals surface area contributed by atoms with Gasteiger partial charge in [0.2, 0.25) is 0 Å². The molecule has 0 saturated carbocycles. The van der Waals surface area contributed by atoms with Crippen molar-refractivity contribution in [2.45, 2.75) is 26.4 Å². The number of carbonyl (C=O) groups is 1. The molecule has 0 fully saturated rings. The topological polar surface area (TPSA) is 26.3 Å². The monoisotopic (exact) mass is 335 g/mol. The van der Waals surface area contributed by atoms with Gasteiger partial charge in [-0.15, -0.1) is 5.92 Å². The SMILES string of the molecule is CC#CC(C)(C)OC(=O)c1ccccc1-[s+]1ccc2ccccc21. The van der Waals surface area contributed by atoms with Crippen molar-refractivity contribution in [3.8, 4) is 16.7 Å². The van der Waals surface area contributed by atoms with Crippen molar-refractivity contribution in [2.75, 3.05) is 0 Å². The van der Waals surface area contributed by atoms with Gasteiger partial charge >= 0.3 is 5.97 Å². The molecule has 0 spiro atoms. The number of esters is 1. The maximum atomic E-state index is 12.7. The number of fused-ring (bicyclic) bond motifs is 1. The molecule has 3 heteroatoms. The molecule has 24 heavy (non-hydrogen) atoms. The van der Waals surface area contributed by atoms with Gasteiger partial charge in [0, 0.05) is 21.9 Å². The van der Waals surface area contributed by atoms with E-state index in [0.717, 1.165) is 4.90 Å². The van der Waals surface area contributed by atoms with Crippen LogP contribution in [0.4, 0.5) is 0 Å². The Labute approximate surface area is 145 Å². The molecule has 3 aromatic rings. The van der Waals surface area contributed by atoms with Crippen LogP contribution in [-0.2, 0) is 4.74 Å². The van der Waals surface area contributed by atoms with Crippen molar-refractivity contribution < 1.29 is 9.53 Å². The summed E-state index contributed by atoms with van der Waals surface area (Å²) in [4.78, 5) is 13.7. The van der Waals surface area contributed by atoms with Crippen LogP contribution in [0.5, 0.6) is 0 Å². The molecule has 1 unspecified atom stereocenters. The van der Waals surface area contributed by atoms with Crippen molar-refractivity contribution >= 4 is 26.5 Å². The molecule has 0 aliphatic rings. The van der Waals surface area contributed by atoms with Crippen molar-refractivity contribution in [2.24, 2.45) is 0 Å². The highest BCUT2D eigenvalue weighted by Gasteiger charge is 2.27. The zero-order valence-corrected chi connectivity index (χ0v) is 14.8. The Hall–Kier alpha value is -2.57. The summed E-state index contributed by atoms with van der Waals surface area (Å²) >= 11 is 0. The summed E-state index contributed by atoms with van der Waals surface area (Å²) in [5, 5.41) is 3.37. The highest BCUT2D eigenvalue weighted by Crippen LogP contribution is 2.41. The minimum atomic E-state index is -0.800. The van der Waals surface area contributed by atoms with Crippen LogP contribution in [0.25, 0.3) is 15.0 Å². The molecule has 1 aromatic heterocycles. The third-order valence-corrected chi connectivity index (χ3v) is 5.74. The van der Waals surface area contributed by atoms with E-state index < -0.39 is 5.60 Å². The van der Waals surface area contributed by atoms with Gasteiger partial charge in [-0.3, -0.25) is 0 Å². The number of ether oxygens (including phenoxy) is 1. The average Bonchev–Trinajstić information content (AvgIpc) is 2.98. The second-order valence-corrected chi connectivity index (χ2v) is 7.78. The van der Waals surface area contributed by atoms with Gasteiger partial charge in [-0.25, -0.2) is 4.79 Å². The Morgan fingerprint density at radius 3 is 2.54 bits per heavy atom. The van der Waals surface area contributed by atoms with Crippen LogP contribution >= 0.6 is 10.5 Å². The van der Waals surface area contributed by atoms with Crippen LogP contribution in [0.15, 0.2) is 60.0 Å². The minimum Gasteiger partial charge on any atom is -0.443 e. The van der Waals surface area contributed by atoms with Crippen molar-refractivity contribution in [1.29, 1.82) is 0 Å². The summed E-state index contributed by atoms with van der Waals surface area (Å²) in [6.07, 6.45) is 0. The summed E-state index contributed by atoms with van der Waals surface area (Å²) in [5.41, 5.74) is -0.195. The van der Waals surface area contributed by atoms with E-state index in [1.807, 2.05) is 36.4 Å². The third-order valence-electron chi connectivity index (χ3n) is 3.66. The Kier molecular flexibility index (Phi) is 4.42. The van der Waals surface area contributed by atoms with Crippen molar-refractivity contribution in [1.82, 2.24) is 0 Å². The number of rotatable bonds is 3. The van der Waals surface area contributed by atoms with E-state index in [9.17, 15) is 4.79 Å². The predicted octanol–water partition coefficient (Wildman–Crippen LogP) is 5.54. The van der Waals surface area contributed by atoms with E-state index in [-0.39, 0.29) is 16.4 Å². The van der Waals surface area contributed by atoms with Crippen molar-refractivity contribution in [3.05, 3.63) is 65.5 Å². The van der Waals surface area contributed by atoms with Crippen molar-refractivity contribution in [3.63, 3.8) is 0 Å². The first-order valence-electron chi connectivity index (χ1n) is 7.78. The van der Waals surface area contributed by atoms with Gasteiger partial charge in [0.1, 0.15) is 10.9 Å². The van der Waals surface area contributed by atoms with E-state index in [2.05, 4.69) is 35.4 Å². The molecule has 1 heterocycles. The first-order valence-corrected chi connectivity index (χ1v) is 9.07. The predicted molar refractivity (Wildman–Crippen MR) is 101 cm³/mol. The van der Waals surface area contributed by atoms with Crippen LogP contribution in [0.2, 0.25) is 0 Å². The van der Waals surface area contributed by atoms with Crippen LogP contribution in [-0.4, -0.2) is 11.6 Å². The summed E-state index contributed by atoms with van der Waals surface area (Å²) in [7, 11) is -0.247. The molecule has 0 N–H and O–H groups in total. The Bertz CT molecular complexity index is 954.